The van der Waals surface area contributed by atoms with Crippen molar-refractivity contribution in [3.05, 3.63) is 65.3 Å². The van der Waals surface area contributed by atoms with E-state index in [9.17, 15) is 0 Å². The molecule has 0 heteroatoms. The lowest BCUT2D eigenvalue weighted by molar-refractivity contribution is 0.597. The Kier molecular flexibility index (Phi) is 2.96. The molecule has 86 valence electrons. The van der Waals surface area contributed by atoms with Crippen molar-refractivity contribution in [1.82, 2.24) is 0 Å². The van der Waals surface area contributed by atoms with Crippen LogP contribution in [0.15, 0.2) is 59.7 Å². The van der Waals surface area contributed by atoms with Gasteiger partial charge in [0, 0.05) is 0 Å². The first kappa shape index (κ1) is 10.6. The third-order valence-corrected chi connectivity index (χ3v) is 3.73. The van der Waals surface area contributed by atoms with Gasteiger partial charge in [-0.1, -0.05) is 54.5 Å². The first-order chi connectivity index (χ1) is 8.43. The van der Waals surface area contributed by atoms with E-state index in [0.717, 1.165) is 0 Å². The second kappa shape index (κ2) is 4.75. The van der Waals surface area contributed by atoms with Crippen LogP contribution in [0.25, 0.3) is 5.57 Å². The third-order valence-electron chi connectivity index (χ3n) is 3.73. The van der Waals surface area contributed by atoms with Crippen molar-refractivity contribution in [2.24, 2.45) is 0 Å². The number of allylic oxidation sites excluding steroid dienone is 6. The van der Waals surface area contributed by atoms with E-state index in [-0.39, 0.29) is 0 Å². The SMILES string of the molecule is C1=CC(=C2CCCCC2)C=C1c1ccccc1. The lowest BCUT2D eigenvalue weighted by Gasteiger charge is -2.15. The molecule has 1 aromatic carbocycles. The summed E-state index contributed by atoms with van der Waals surface area (Å²) in [5, 5.41) is 0. The smallest absolute Gasteiger partial charge is 0.0178 e. The van der Waals surface area contributed by atoms with E-state index < -0.39 is 0 Å². The molecule has 0 aromatic heterocycles. The molecule has 3 rings (SSSR count). The Labute approximate surface area is 103 Å². The van der Waals surface area contributed by atoms with E-state index >= 15 is 0 Å². The molecule has 0 N–H and O–H groups in total. The van der Waals surface area contributed by atoms with Crippen LogP contribution in [0.5, 0.6) is 0 Å². The summed E-state index contributed by atoms with van der Waals surface area (Å²) in [6.45, 7) is 0. The number of hydrogen-bond donors (Lipinski definition) is 0. The molecule has 0 radical (unpaired) electrons. The fourth-order valence-corrected chi connectivity index (χ4v) is 2.74. The maximum absolute atomic E-state index is 2.36. The minimum absolute atomic E-state index is 1.30. The van der Waals surface area contributed by atoms with Crippen molar-refractivity contribution in [2.45, 2.75) is 32.1 Å². The van der Waals surface area contributed by atoms with Gasteiger partial charge in [0.05, 0.1) is 0 Å². The number of rotatable bonds is 1. The van der Waals surface area contributed by atoms with Gasteiger partial charge in [-0.05, 0) is 48.5 Å². The highest BCUT2D eigenvalue weighted by Crippen LogP contribution is 2.32. The van der Waals surface area contributed by atoms with Crippen LogP contribution in [-0.2, 0) is 0 Å². The molecule has 0 spiro atoms. The second-order valence-corrected chi connectivity index (χ2v) is 4.92. The Bertz CT molecular complexity index is 478. The summed E-state index contributed by atoms with van der Waals surface area (Å²) >= 11 is 0. The molecule has 0 atom stereocenters. The Morgan fingerprint density at radius 3 is 2.29 bits per heavy atom. The van der Waals surface area contributed by atoms with Gasteiger partial charge in [-0.15, -0.1) is 0 Å². The molecular formula is C17H18. The molecule has 2 aliphatic carbocycles. The van der Waals surface area contributed by atoms with Gasteiger partial charge in [-0.2, -0.15) is 0 Å². The highest BCUT2D eigenvalue weighted by Gasteiger charge is 2.12. The third kappa shape index (κ3) is 2.26. The van der Waals surface area contributed by atoms with E-state index in [1.807, 2.05) is 0 Å². The van der Waals surface area contributed by atoms with E-state index in [1.54, 1.807) is 5.57 Å². The zero-order valence-electron chi connectivity index (χ0n) is 10.2. The van der Waals surface area contributed by atoms with E-state index in [2.05, 4.69) is 48.6 Å². The molecule has 0 aliphatic heterocycles. The van der Waals surface area contributed by atoms with Gasteiger partial charge >= 0.3 is 0 Å². The van der Waals surface area contributed by atoms with Crippen molar-refractivity contribution in [2.75, 3.05) is 0 Å². The average Bonchev–Trinajstić information content (AvgIpc) is 2.90. The lowest BCUT2D eigenvalue weighted by Crippen LogP contribution is -1.95. The van der Waals surface area contributed by atoms with Crippen molar-refractivity contribution in [3.8, 4) is 0 Å². The van der Waals surface area contributed by atoms with Crippen LogP contribution in [0.4, 0.5) is 0 Å². The largest absolute Gasteiger partial charge is 0.0629 e. The second-order valence-electron chi connectivity index (χ2n) is 4.92. The van der Waals surface area contributed by atoms with Crippen LogP contribution < -0.4 is 0 Å². The van der Waals surface area contributed by atoms with Crippen LogP contribution in [0.1, 0.15) is 37.7 Å². The molecule has 2 aliphatic rings. The van der Waals surface area contributed by atoms with Crippen LogP contribution >= 0.6 is 0 Å². The first-order valence-corrected chi connectivity index (χ1v) is 6.61. The van der Waals surface area contributed by atoms with Crippen LogP contribution in [0.3, 0.4) is 0 Å². The minimum Gasteiger partial charge on any atom is -0.0629 e. The molecule has 0 heterocycles. The predicted molar refractivity (Wildman–Crippen MR) is 73.7 cm³/mol. The topological polar surface area (TPSA) is 0 Å². The molecule has 1 fully saturated rings. The Morgan fingerprint density at radius 2 is 1.53 bits per heavy atom. The standard InChI is InChI=1S/C17H18/c1-3-7-14(8-4-1)16-11-12-17(13-16)15-9-5-2-6-10-15/h1,3-4,7-8,11-13H,2,5-6,9-10H2. The average molecular weight is 222 g/mol. The zero-order valence-corrected chi connectivity index (χ0v) is 10.2. The fraction of sp³-hybridized carbons (Fsp3) is 0.294. The highest BCUT2D eigenvalue weighted by atomic mass is 14.2. The van der Waals surface area contributed by atoms with E-state index in [0.29, 0.717) is 0 Å². The van der Waals surface area contributed by atoms with E-state index in [1.165, 1.54) is 48.8 Å². The summed E-state index contributed by atoms with van der Waals surface area (Å²) in [4.78, 5) is 0. The summed E-state index contributed by atoms with van der Waals surface area (Å²) in [6, 6.07) is 10.7. The van der Waals surface area contributed by atoms with Crippen LogP contribution in [0, 0.1) is 0 Å². The monoisotopic (exact) mass is 222 g/mol. The maximum atomic E-state index is 2.36. The van der Waals surface area contributed by atoms with Gasteiger partial charge < -0.3 is 0 Å². The Hall–Kier alpha value is -1.56. The van der Waals surface area contributed by atoms with Crippen LogP contribution in [0.2, 0.25) is 0 Å². The number of benzene rings is 1. The fourth-order valence-electron chi connectivity index (χ4n) is 2.74. The number of hydrogen-bond acceptors (Lipinski definition) is 0. The highest BCUT2D eigenvalue weighted by molar-refractivity contribution is 5.81. The minimum atomic E-state index is 1.30. The Morgan fingerprint density at radius 1 is 0.765 bits per heavy atom. The van der Waals surface area contributed by atoms with Gasteiger partial charge in [0.2, 0.25) is 0 Å². The predicted octanol–water partition coefficient (Wildman–Crippen LogP) is 4.90. The normalized spacial score (nSPS) is 19.6. The summed E-state index contributed by atoms with van der Waals surface area (Å²) < 4.78 is 0. The molecule has 0 unspecified atom stereocenters. The van der Waals surface area contributed by atoms with Crippen molar-refractivity contribution < 1.29 is 0 Å². The van der Waals surface area contributed by atoms with E-state index in [4.69, 9.17) is 0 Å². The summed E-state index contributed by atoms with van der Waals surface area (Å²) in [5.41, 5.74) is 5.83. The van der Waals surface area contributed by atoms with Crippen molar-refractivity contribution in [1.29, 1.82) is 0 Å². The quantitative estimate of drug-likeness (QED) is 0.634. The molecule has 0 nitrogen and oxygen atoms in total. The molecular weight excluding hydrogens is 204 g/mol. The maximum Gasteiger partial charge on any atom is -0.0178 e. The van der Waals surface area contributed by atoms with Gasteiger partial charge in [0.25, 0.3) is 0 Å². The van der Waals surface area contributed by atoms with Gasteiger partial charge in [-0.3, -0.25) is 0 Å². The van der Waals surface area contributed by atoms with Crippen LogP contribution in [-0.4, -0.2) is 0 Å². The summed E-state index contributed by atoms with van der Waals surface area (Å²) in [7, 11) is 0. The lowest BCUT2D eigenvalue weighted by atomic mass is 9.91. The Balaban J connectivity index is 1.89. The van der Waals surface area contributed by atoms with Gasteiger partial charge in [-0.25, -0.2) is 0 Å². The molecule has 1 aromatic rings. The summed E-state index contributed by atoms with van der Waals surface area (Å²) in [6.07, 6.45) is 13.7. The van der Waals surface area contributed by atoms with Crippen molar-refractivity contribution >= 4 is 5.57 Å². The first-order valence-electron chi connectivity index (χ1n) is 6.61. The molecule has 1 saturated carbocycles. The van der Waals surface area contributed by atoms with Gasteiger partial charge in [0.15, 0.2) is 0 Å². The molecule has 17 heavy (non-hydrogen) atoms. The molecule has 0 saturated heterocycles. The van der Waals surface area contributed by atoms with Crippen molar-refractivity contribution in [3.63, 3.8) is 0 Å². The summed E-state index contributed by atoms with van der Waals surface area (Å²) in [5.74, 6) is 0. The van der Waals surface area contributed by atoms with Gasteiger partial charge in [0.1, 0.15) is 0 Å². The molecule has 0 bridgehead atoms. The molecule has 0 amide bonds. The zero-order chi connectivity index (χ0) is 11.5.